The monoisotopic (exact) mass is 351 g/mol. The number of hydrogen-bond acceptors (Lipinski definition) is 5. The lowest BCUT2D eigenvalue weighted by Gasteiger charge is -2.30. The van der Waals surface area contributed by atoms with Gasteiger partial charge in [-0.05, 0) is 37.1 Å². The van der Waals surface area contributed by atoms with Crippen molar-refractivity contribution >= 4 is 28.7 Å². The number of nitrogens with one attached hydrogen (secondary N) is 1. The molecule has 0 aliphatic carbocycles. The maximum atomic E-state index is 12.5. The number of benzene rings is 2. The molecule has 0 atom stereocenters. The number of para-hydroxylation sites is 2. The van der Waals surface area contributed by atoms with Crippen LogP contribution in [0, 0.1) is 5.92 Å². The molecule has 2 heterocycles. The first-order valence-electron chi connectivity index (χ1n) is 8.78. The SMILES string of the molecule is COc1cccc(NC(=O)C2CCN(c3nc4ccccc4o3)CC2)c1. The van der Waals surface area contributed by atoms with Gasteiger partial charge in [0, 0.05) is 30.8 Å². The summed E-state index contributed by atoms with van der Waals surface area (Å²) in [6, 6.07) is 15.8. The molecule has 0 spiro atoms. The third-order valence-electron chi connectivity index (χ3n) is 4.76. The Morgan fingerprint density at radius 1 is 1.19 bits per heavy atom. The average Bonchev–Trinajstić information content (AvgIpc) is 3.12. The Bertz CT molecular complexity index is 880. The predicted molar refractivity (Wildman–Crippen MR) is 101 cm³/mol. The summed E-state index contributed by atoms with van der Waals surface area (Å²) in [5, 5.41) is 2.99. The van der Waals surface area contributed by atoms with Gasteiger partial charge in [0.15, 0.2) is 5.58 Å². The van der Waals surface area contributed by atoms with E-state index < -0.39 is 0 Å². The topological polar surface area (TPSA) is 67.6 Å². The highest BCUT2D eigenvalue weighted by Gasteiger charge is 2.27. The molecule has 0 unspecified atom stereocenters. The summed E-state index contributed by atoms with van der Waals surface area (Å²) in [4.78, 5) is 19.2. The van der Waals surface area contributed by atoms with Crippen LogP contribution in [0.4, 0.5) is 11.7 Å². The Morgan fingerprint density at radius 3 is 2.77 bits per heavy atom. The number of ether oxygens (including phenoxy) is 1. The number of piperidine rings is 1. The summed E-state index contributed by atoms with van der Waals surface area (Å²) >= 11 is 0. The fourth-order valence-electron chi connectivity index (χ4n) is 3.27. The number of methoxy groups -OCH3 is 1. The molecule has 1 aromatic heterocycles. The lowest BCUT2D eigenvalue weighted by Crippen LogP contribution is -2.38. The van der Waals surface area contributed by atoms with Gasteiger partial charge in [0.1, 0.15) is 11.3 Å². The first-order valence-corrected chi connectivity index (χ1v) is 8.78. The minimum absolute atomic E-state index is 0.0122. The van der Waals surface area contributed by atoms with Crippen molar-refractivity contribution in [3.63, 3.8) is 0 Å². The quantitative estimate of drug-likeness (QED) is 0.776. The van der Waals surface area contributed by atoms with Gasteiger partial charge in [0.05, 0.1) is 7.11 Å². The van der Waals surface area contributed by atoms with Crippen LogP contribution >= 0.6 is 0 Å². The van der Waals surface area contributed by atoms with Crippen molar-refractivity contribution in [1.82, 2.24) is 4.98 Å². The van der Waals surface area contributed by atoms with Crippen molar-refractivity contribution in [3.05, 3.63) is 48.5 Å². The second-order valence-corrected chi connectivity index (χ2v) is 6.45. The zero-order chi connectivity index (χ0) is 17.9. The lowest BCUT2D eigenvalue weighted by atomic mass is 9.96. The number of carbonyl (C=O) groups excluding carboxylic acids is 1. The smallest absolute Gasteiger partial charge is 0.298 e. The minimum atomic E-state index is -0.0122. The van der Waals surface area contributed by atoms with Crippen molar-refractivity contribution in [2.75, 3.05) is 30.4 Å². The molecule has 6 nitrogen and oxygen atoms in total. The number of fused-ring (bicyclic) bond motifs is 1. The van der Waals surface area contributed by atoms with Gasteiger partial charge in [-0.3, -0.25) is 4.79 Å². The zero-order valence-corrected chi connectivity index (χ0v) is 14.6. The van der Waals surface area contributed by atoms with Crippen LogP contribution in [-0.2, 0) is 4.79 Å². The maximum absolute atomic E-state index is 12.5. The fraction of sp³-hybridized carbons (Fsp3) is 0.300. The van der Waals surface area contributed by atoms with E-state index in [1.54, 1.807) is 7.11 Å². The molecule has 2 aromatic carbocycles. The van der Waals surface area contributed by atoms with Crippen LogP contribution < -0.4 is 15.0 Å². The van der Waals surface area contributed by atoms with Crippen LogP contribution in [0.15, 0.2) is 52.9 Å². The van der Waals surface area contributed by atoms with Crippen molar-refractivity contribution in [2.24, 2.45) is 5.92 Å². The van der Waals surface area contributed by atoms with Crippen LogP contribution in [0.3, 0.4) is 0 Å². The van der Waals surface area contributed by atoms with E-state index in [9.17, 15) is 4.79 Å². The minimum Gasteiger partial charge on any atom is -0.497 e. The number of nitrogens with zero attached hydrogens (tertiary/aromatic N) is 2. The molecule has 1 aliphatic heterocycles. The number of amides is 1. The molecule has 4 rings (SSSR count). The van der Waals surface area contributed by atoms with Crippen LogP contribution in [0.5, 0.6) is 5.75 Å². The van der Waals surface area contributed by atoms with Gasteiger partial charge in [-0.15, -0.1) is 0 Å². The number of rotatable bonds is 4. The highest BCUT2D eigenvalue weighted by Crippen LogP contribution is 2.27. The molecular formula is C20H21N3O3. The molecule has 1 N–H and O–H groups in total. The summed E-state index contributed by atoms with van der Waals surface area (Å²) in [7, 11) is 1.61. The van der Waals surface area contributed by atoms with E-state index in [2.05, 4.69) is 15.2 Å². The molecule has 1 aliphatic rings. The molecule has 3 aromatic rings. The molecule has 0 saturated carbocycles. The number of anilines is 2. The number of aromatic nitrogens is 1. The Morgan fingerprint density at radius 2 is 2.00 bits per heavy atom. The summed E-state index contributed by atoms with van der Waals surface area (Å²) < 4.78 is 11.0. The average molecular weight is 351 g/mol. The molecule has 1 saturated heterocycles. The summed E-state index contributed by atoms with van der Waals surface area (Å²) in [5.74, 6) is 0.769. The third-order valence-corrected chi connectivity index (χ3v) is 4.76. The molecule has 1 fully saturated rings. The Balaban J connectivity index is 1.37. The van der Waals surface area contributed by atoms with E-state index in [-0.39, 0.29) is 11.8 Å². The highest BCUT2D eigenvalue weighted by atomic mass is 16.5. The van der Waals surface area contributed by atoms with Gasteiger partial charge >= 0.3 is 0 Å². The van der Waals surface area contributed by atoms with E-state index in [1.807, 2.05) is 48.5 Å². The van der Waals surface area contributed by atoms with Gasteiger partial charge in [-0.25, -0.2) is 0 Å². The van der Waals surface area contributed by atoms with E-state index >= 15 is 0 Å². The van der Waals surface area contributed by atoms with Crippen molar-refractivity contribution in [1.29, 1.82) is 0 Å². The molecule has 1 amide bonds. The van der Waals surface area contributed by atoms with Gasteiger partial charge in [0.2, 0.25) is 5.91 Å². The van der Waals surface area contributed by atoms with E-state index in [0.29, 0.717) is 6.01 Å². The predicted octanol–water partition coefficient (Wildman–Crippen LogP) is 3.69. The van der Waals surface area contributed by atoms with Crippen LogP contribution in [0.2, 0.25) is 0 Å². The van der Waals surface area contributed by atoms with Crippen molar-refractivity contribution < 1.29 is 13.9 Å². The lowest BCUT2D eigenvalue weighted by molar-refractivity contribution is -0.120. The van der Waals surface area contributed by atoms with Gasteiger partial charge in [-0.2, -0.15) is 4.98 Å². The Hall–Kier alpha value is -3.02. The Labute approximate surface area is 151 Å². The summed E-state index contributed by atoms with van der Waals surface area (Å²) in [5.41, 5.74) is 2.41. The normalized spacial score (nSPS) is 15.2. The van der Waals surface area contributed by atoms with Gasteiger partial charge in [0.25, 0.3) is 6.01 Å². The number of hydrogen-bond donors (Lipinski definition) is 1. The molecular weight excluding hydrogens is 330 g/mol. The van der Waals surface area contributed by atoms with Gasteiger partial charge < -0.3 is 19.4 Å². The van der Waals surface area contributed by atoms with Crippen molar-refractivity contribution in [3.8, 4) is 5.75 Å². The second kappa shape index (κ2) is 7.07. The molecule has 0 bridgehead atoms. The fourth-order valence-corrected chi connectivity index (χ4v) is 3.27. The second-order valence-electron chi connectivity index (χ2n) is 6.45. The number of carbonyl (C=O) groups is 1. The molecule has 6 heteroatoms. The molecule has 26 heavy (non-hydrogen) atoms. The third kappa shape index (κ3) is 3.35. The molecule has 134 valence electrons. The number of oxazole rings is 1. The Kier molecular flexibility index (Phi) is 4.48. The standard InChI is InChI=1S/C20H21N3O3/c1-25-16-6-4-5-15(13-16)21-19(24)14-9-11-23(12-10-14)20-22-17-7-2-3-8-18(17)26-20/h2-8,13-14H,9-12H2,1H3,(H,21,24). The van der Waals surface area contributed by atoms with E-state index in [1.165, 1.54) is 0 Å². The van der Waals surface area contributed by atoms with Crippen LogP contribution in [0.1, 0.15) is 12.8 Å². The summed E-state index contributed by atoms with van der Waals surface area (Å²) in [6.07, 6.45) is 1.54. The highest BCUT2D eigenvalue weighted by molar-refractivity contribution is 5.92. The molecule has 0 radical (unpaired) electrons. The van der Waals surface area contributed by atoms with Crippen LogP contribution in [0.25, 0.3) is 11.1 Å². The first-order chi connectivity index (χ1) is 12.7. The van der Waals surface area contributed by atoms with Crippen molar-refractivity contribution in [2.45, 2.75) is 12.8 Å². The van der Waals surface area contributed by atoms with E-state index in [4.69, 9.17) is 9.15 Å². The zero-order valence-electron chi connectivity index (χ0n) is 14.6. The van der Waals surface area contributed by atoms with Crippen LogP contribution in [-0.4, -0.2) is 31.1 Å². The maximum Gasteiger partial charge on any atom is 0.298 e. The summed E-state index contributed by atoms with van der Waals surface area (Å²) in [6.45, 7) is 1.51. The van der Waals surface area contributed by atoms with E-state index in [0.717, 1.165) is 48.5 Å². The first kappa shape index (κ1) is 16.4. The van der Waals surface area contributed by atoms with Gasteiger partial charge in [-0.1, -0.05) is 18.2 Å². The largest absolute Gasteiger partial charge is 0.497 e.